The highest BCUT2D eigenvalue weighted by molar-refractivity contribution is 5.85. The minimum Gasteiger partial charge on any atom is -0.492 e. The third-order valence-corrected chi connectivity index (χ3v) is 3.43. The predicted octanol–water partition coefficient (Wildman–Crippen LogP) is 2.57. The Balaban J connectivity index is 1.96. The van der Waals surface area contributed by atoms with E-state index in [4.69, 9.17) is 9.84 Å². The molecule has 1 aromatic carbocycles. The average molecular weight is 275 g/mol. The molecule has 2 rings (SSSR count). The number of likely N-dealkylation sites (tertiary alicyclic amines) is 1. The summed E-state index contributed by atoms with van der Waals surface area (Å²) in [7, 11) is 0. The van der Waals surface area contributed by atoms with Crippen molar-refractivity contribution in [3.63, 3.8) is 0 Å². The molecule has 1 aliphatic heterocycles. The summed E-state index contributed by atoms with van der Waals surface area (Å²) in [6.07, 6.45) is 5.27. The SMILES string of the molecule is Cc1ccc(OCCN2CCCC2)c(C=CC(=O)O)c1. The van der Waals surface area contributed by atoms with E-state index in [1.807, 2.05) is 25.1 Å². The fourth-order valence-corrected chi connectivity index (χ4v) is 2.38. The number of ether oxygens (including phenoxy) is 1. The van der Waals surface area contributed by atoms with Crippen LogP contribution in [0.1, 0.15) is 24.0 Å². The van der Waals surface area contributed by atoms with Gasteiger partial charge in [-0.2, -0.15) is 0 Å². The van der Waals surface area contributed by atoms with Crippen LogP contribution in [0.2, 0.25) is 0 Å². The molecule has 1 aromatic rings. The zero-order valence-electron chi connectivity index (χ0n) is 11.8. The van der Waals surface area contributed by atoms with Crippen molar-refractivity contribution in [1.82, 2.24) is 4.90 Å². The van der Waals surface area contributed by atoms with Gasteiger partial charge < -0.3 is 9.84 Å². The second kappa shape index (κ2) is 7.10. The summed E-state index contributed by atoms with van der Waals surface area (Å²) in [5.41, 5.74) is 1.90. The third kappa shape index (κ3) is 4.38. The Morgan fingerprint density at radius 3 is 2.85 bits per heavy atom. The molecule has 0 saturated carbocycles. The van der Waals surface area contributed by atoms with Gasteiger partial charge >= 0.3 is 5.97 Å². The summed E-state index contributed by atoms with van der Waals surface area (Å²) >= 11 is 0. The molecular formula is C16H21NO3. The predicted molar refractivity (Wildman–Crippen MR) is 79.0 cm³/mol. The number of benzene rings is 1. The van der Waals surface area contributed by atoms with Crippen molar-refractivity contribution < 1.29 is 14.6 Å². The van der Waals surface area contributed by atoms with Gasteiger partial charge in [0.25, 0.3) is 0 Å². The first-order valence-electron chi connectivity index (χ1n) is 7.02. The van der Waals surface area contributed by atoms with Crippen molar-refractivity contribution in [2.45, 2.75) is 19.8 Å². The summed E-state index contributed by atoms with van der Waals surface area (Å²) < 4.78 is 5.80. The second-order valence-electron chi connectivity index (χ2n) is 5.11. The van der Waals surface area contributed by atoms with E-state index in [0.717, 1.165) is 42.6 Å². The lowest BCUT2D eigenvalue weighted by Crippen LogP contribution is -2.25. The van der Waals surface area contributed by atoms with E-state index in [1.54, 1.807) is 6.08 Å². The van der Waals surface area contributed by atoms with E-state index in [9.17, 15) is 4.79 Å². The van der Waals surface area contributed by atoms with Crippen molar-refractivity contribution in [2.75, 3.05) is 26.2 Å². The van der Waals surface area contributed by atoms with E-state index in [2.05, 4.69) is 4.90 Å². The van der Waals surface area contributed by atoms with Gasteiger partial charge in [0.2, 0.25) is 0 Å². The van der Waals surface area contributed by atoms with Crippen LogP contribution in [0.4, 0.5) is 0 Å². The minimum atomic E-state index is -0.950. The lowest BCUT2D eigenvalue weighted by Gasteiger charge is -2.16. The van der Waals surface area contributed by atoms with Crippen LogP contribution in [0, 0.1) is 6.92 Å². The van der Waals surface area contributed by atoms with Crippen molar-refractivity contribution in [3.8, 4) is 5.75 Å². The van der Waals surface area contributed by atoms with E-state index >= 15 is 0 Å². The van der Waals surface area contributed by atoms with Crippen molar-refractivity contribution in [2.24, 2.45) is 0 Å². The quantitative estimate of drug-likeness (QED) is 0.811. The second-order valence-corrected chi connectivity index (χ2v) is 5.11. The number of carbonyl (C=O) groups is 1. The van der Waals surface area contributed by atoms with Crippen LogP contribution < -0.4 is 4.74 Å². The molecule has 1 heterocycles. The first-order valence-corrected chi connectivity index (χ1v) is 7.02. The summed E-state index contributed by atoms with van der Waals surface area (Å²) in [5.74, 6) is -0.207. The molecule has 0 unspecified atom stereocenters. The van der Waals surface area contributed by atoms with Gasteiger partial charge in [0.05, 0.1) is 0 Å². The molecule has 0 aliphatic carbocycles. The highest BCUT2D eigenvalue weighted by Crippen LogP contribution is 2.21. The monoisotopic (exact) mass is 275 g/mol. The van der Waals surface area contributed by atoms with Crippen LogP contribution in [0.5, 0.6) is 5.75 Å². The molecular weight excluding hydrogens is 254 g/mol. The number of carboxylic acids is 1. The summed E-state index contributed by atoms with van der Waals surface area (Å²) in [6, 6.07) is 5.81. The Kier molecular flexibility index (Phi) is 5.18. The molecule has 1 saturated heterocycles. The Hall–Kier alpha value is -1.81. The maximum atomic E-state index is 10.6. The Morgan fingerprint density at radius 1 is 1.40 bits per heavy atom. The number of aliphatic carboxylic acids is 1. The molecule has 0 amide bonds. The lowest BCUT2D eigenvalue weighted by atomic mass is 10.1. The smallest absolute Gasteiger partial charge is 0.328 e. The maximum absolute atomic E-state index is 10.6. The third-order valence-electron chi connectivity index (χ3n) is 3.43. The molecule has 108 valence electrons. The van der Waals surface area contributed by atoms with Crippen molar-refractivity contribution in [3.05, 3.63) is 35.4 Å². The first kappa shape index (κ1) is 14.6. The number of hydrogen-bond acceptors (Lipinski definition) is 3. The largest absolute Gasteiger partial charge is 0.492 e. The van der Waals surface area contributed by atoms with Gasteiger partial charge in [-0.1, -0.05) is 11.6 Å². The van der Waals surface area contributed by atoms with Crippen LogP contribution in [0.25, 0.3) is 6.08 Å². The van der Waals surface area contributed by atoms with E-state index in [0.29, 0.717) is 6.61 Å². The molecule has 0 radical (unpaired) electrons. The average Bonchev–Trinajstić information content (AvgIpc) is 2.91. The normalized spacial score (nSPS) is 15.8. The molecule has 0 aromatic heterocycles. The van der Waals surface area contributed by atoms with Crippen molar-refractivity contribution in [1.29, 1.82) is 0 Å². The molecule has 0 atom stereocenters. The van der Waals surface area contributed by atoms with Gasteiger partial charge in [0, 0.05) is 18.2 Å². The molecule has 4 nitrogen and oxygen atoms in total. The number of aryl methyl sites for hydroxylation is 1. The van der Waals surface area contributed by atoms with E-state index < -0.39 is 5.97 Å². The zero-order valence-corrected chi connectivity index (χ0v) is 11.8. The van der Waals surface area contributed by atoms with Crippen LogP contribution in [-0.2, 0) is 4.79 Å². The Labute approximate surface area is 119 Å². The highest BCUT2D eigenvalue weighted by atomic mass is 16.5. The number of hydrogen-bond donors (Lipinski definition) is 1. The summed E-state index contributed by atoms with van der Waals surface area (Å²) in [6.45, 7) is 5.85. The number of rotatable bonds is 6. The van der Waals surface area contributed by atoms with Gasteiger partial charge in [-0.05, 0) is 51.1 Å². The lowest BCUT2D eigenvalue weighted by molar-refractivity contribution is -0.131. The first-order chi connectivity index (χ1) is 9.65. The molecule has 4 heteroatoms. The fraction of sp³-hybridized carbons (Fsp3) is 0.438. The van der Waals surface area contributed by atoms with Crippen LogP contribution >= 0.6 is 0 Å². The maximum Gasteiger partial charge on any atom is 0.328 e. The molecule has 1 fully saturated rings. The molecule has 20 heavy (non-hydrogen) atoms. The minimum absolute atomic E-state index is 0.636. The van der Waals surface area contributed by atoms with Crippen LogP contribution in [0.3, 0.4) is 0 Å². The van der Waals surface area contributed by atoms with Gasteiger partial charge in [0.1, 0.15) is 12.4 Å². The summed E-state index contributed by atoms with van der Waals surface area (Å²) in [5, 5.41) is 8.72. The van der Waals surface area contributed by atoms with Gasteiger partial charge in [-0.25, -0.2) is 4.79 Å². The van der Waals surface area contributed by atoms with Crippen LogP contribution in [0.15, 0.2) is 24.3 Å². The highest BCUT2D eigenvalue weighted by Gasteiger charge is 2.11. The summed E-state index contributed by atoms with van der Waals surface area (Å²) in [4.78, 5) is 13.0. The van der Waals surface area contributed by atoms with E-state index in [-0.39, 0.29) is 0 Å². The molecule has 1 aliphatic rings. The molecule has 0 bridgehead atoms. The Morgan fingerprint density at radius 2 is 2.15 bits per heavy atom. The molecule has 0 spiro atoms. The van der Waals surface area contributed by atoms with Gasteiger partial charge in [0.15, 0.2) is 0 Å². The standard InChI is InChI=1S/C16H21NO3/c1-13-4-6-15(14(12-13)5-7-16(18)19)20-11-10-17-8-2-3-9-17/h4-7,12H,2-3,8-11H2,1H3,(H,18,19). The van der Waals surface area contributed by atoms with Gasteiger partial charge in [-0.15, -0.1) is 0 Å². The zero-order chi connectivity index (χ0) is 14.4. The van der Waals surface area contributed by atoms with E-state index in [1.165, 1.54) is 12.8 Å². The number of nitrogens with zero attached hydrogens (tertiary/aromatic N) is 1. The number of carboxylic acid groups (broad SMARTS) is 1. The fourth-order valence-electron chi connectivity index (χ4n) is 2.38. The molecule has 1 N–H and O–H groups in total. The Bertz CT molecular complexity index is 490. The van der Waals surface area contributed by atoms with Crippen molar-refractivity contribution >= 4 is 12.0 Å². The van der Waals surface area contributed by atoms with Gasteiger partial charge in [-0.3, -0.25) is 4.90 Å². The van der Waals surface area contributed by atoms with Crippen LogP contribution in [-0.4, -0.2) is 42.2 Å². The topological polar surface area (TPSA) is 49.8 Å².